The number of hydrogen-bond acceptors (Lipinski definition) is 5. The number of halogens is 3. The van der Waals surface area contributed by atoms with Crippen molar-refractivity contribution in [2.75, 3.05) is 13.1 Å². The van der Waals surface area contributed by atoms with E-state index in [2.05, 4.69) is 15.2 Å². The van der Waals surface area contributed by atoms with Crippen LogP contribution in [0, 0.1) is 0 Å². The largest absolute Gasteiger partial charge is 0.434 e. The molecular formula is C14H13F3N4O3. The molecule has 0 spiro atoms. The fourth-order valence-electron chi connectivity index (χ4n) is 2.75. The summed E-state index contributed by atoms with van der Waals surface area (Å²) in [7, 11) is 0. The molecule has 0 bridgehead atoms. The van der Waals surface area contributed by atoms with Crippen LogP contribution in [0.1, 0.15) is 40.7 Å². The van der Waals surface area contributed by atoms with E-state index in [4.69, 9.17) is 4.42 Å². The lowest BCUT2D eigenvalue weighted by Crippen LogP contribution is -2.40. The summed E-state index contributed by atoms with van der Waals surface area (Å²) in [5.74, 6) is -1.65. The Morgan fingerprint density at radius 1 is 1.42 bits per heavy atom. The number of H-pyrrole nitrogens is 1. The molecule has 1 unspecified atom stereocenters. The third kappa shape index (κ3) is 3.17. The Kier molecular flexibility index (Phi) is 4.12. The van der Waals surface area contributed by atoms with Crippen LogP contribution in [0.15, 0.2) is 27.5 Å². The van der Waals surface area contributed by atoms with Crippen molar-refractivity contribution in [2.24, 2.45) is 0 Å². The van der Waals surface area contributed by atoms with Crippen LogP contribution >= 0.6 is 0 Å². The first-order valence-corrected chi connectivity index (χ1v) is 7.23. The zero-order valence-electron chi connectivity index (χ0n) is 12.3. The molecule has 1 atom stereocenters. The summed E-state index contributed by atoms with van der Waals surface area (Å²) in [6.45, 7) is 0.439. The molecule has 2 aromatic rings. The Morgan fingerprint density at radius 3 is 2.88 bits per heavy atom. The lowest BCUT2D eigenvalue weighted by molar-refractivity contribution is -0.141. The average Bonchev–Trinajstić information content (AvgIpc) is 3.00. The average molecular weight is 342 g/mol. The molecule has 3 heterocycles. The van der Waals surface area contributed by atoms with E-state index >= 15 is 0 Å². The summed E-state index contributed by atoms with van der Waals surface area (Å²) in [5.41, 5.74) is -1.70. The first kappa shape index (κ1) is 16.2. The van der Waals surface area contributed by atoms with Gasteiger partial charge in [-0.2, -0.15) is 13.2 Å². The molecule has 1 saturated heterocycles. The van der Waals surface area contributed by atoms with Gasteiger partial charge in [0, 0.05) is 19.3 Å². The molecule has 1 aliphatic rings. The molecule has 0 radical (unpaired) electrons. The summed E-state index contributed by atoms with van der Waals surface area (Å²) in [6.07, 6.45) is -2.53. The van der Waals surface area contributed by atoms with Gasteiger partial charge >= 0.3 is 11.9 Å². The molecule has 1 fully saturated rings. The van der Waals surface area contributed by atoms with E-state index in [0.717, 1.165) is 12.3 Å². The van der Waals surface area contributed by atoms with Gasteiger partial charge in [-0.15, -0.1) is 5.10 Å². The number of amides is 1. The summed E-state index contributed by atoms with van der Waals surface area (Å²) < 4.78 is 44.0. The Labute approximate surface area is 133 Å². The molecule has 2 aromatic heterocycles. The Hall–Kier alpha value is -2.65. The van der Waals surface area contributed by atoms with E-state index in [1.54, 1.807) is 0 Å². The van der Waals surface area contributed by atoms with Crippen molar-refractivity contribution in [3.8, 4) is 0 Å². The monoisotopic (exact) mass is 342 g/mol. The minimum absolute atomic E-state index is 0.124. The van der Waals surface area contributed by atoms with Crippen LogP contribution < -0.4 is 5.76 Å². The molecule has 24 heavy (non-hydrogen) atoms. The summed E-state index contributed by atoms with van der Waals surface area (Å²) in [4.78, 5) is 28.1. The Bertz CT molecular complexity index is 799. The van der Waals surface area contributed by atoms with E-state index in [-0.39, 0.29) is 18.4 Å². The van der Waals surface area contributed by atoms with Gasteiger partial charge < -0.3 is 9.32 Å². The summed E-state index contributed by atoms with van der Waals surface area (Å²) in [5, 5.41) is 5.86. The molecule has 3 rings (SSSR count). The van der Waals surface area contributed by atoms with Crippen molar-refractivity contribution in [2.45, 2.75) is 24.9 Å². The highest BCUT2D eigenvalue weighted by Gasteiger charge is 2.38. The number of nitrogens with one attached hydrogen (secondary N) is 1. The number of aromatic nitrogens is 3. The van der Waals surface area contributed by atoms with Crippen LogP contribution in [0.2, 0.25) is 0 Å². The van der Waals surface area contributed by atoms with Gasteiger partial charge in [0.05, 0.1) is 11.5 Å². The van der Waals surface area contributed by atoms with Crippen LogP contribution in [0.4, 0.5) is 13.2 Å². The SMILES string of the molecule is O=C(c1cccnc1C(F)(F)F)N1CCCC(c2n[nH]c(=O)o2)C1. The maximum atomic E-state index is 13.0. The number of carbonyl (C=O) groups excluding carboxylic acids is 1. The lowest BCUT2D eigenvalue weighted by atomic mass is 9.97. The van der Waals surface area contributed by atoms with Crippen molar-refractivity contribution in [3.05, 3.63) is 46.0 Å². The predicted octanol–water partition coefficient (Wildman–Crippen LogP) is 1.80. The normalized spacial score (nSPS) is 18.6. The van der Waals surface area contributed by atoms with Gasteiger partial charge in [0.1, 0.15) is 0 Å². The number of alkyl halides is 3. The van der Waals surface area contributed by atoms with Gasteiger partial charge in [0.15, 0.2) is 5.69 Å². The lowest BCUT2D eigenvalue weighted by Gasteiger charge is -2.31. The zero-order chi connectivity index (χ0) is 17.3. The number of nitrogens with zero attached hydrogens (tertiary/aromatic N) is 3. The Balaban J connectivity index is 1.84. The molecule has 10 heteroatoms. The Morgan fingerprint density at radius 2 is 2.21 bits per heavy atom. The molecule has 1 amide bonds. The van der Waals surface area contributed by atoms with Gasteiger partial charge in [0.25, 0.3) is 5.91 Å². The number of rotatable bonds is 2. The van der Waals surface area contributed by atoms with Crippen LogP contribution in [0.3, 0.4) is 0 Å². The van der Waals surface area contributed by atoms with Crippen molar-refractivity contribution >= 4 is 5.91 Å². The maximum Gasteiger partial charge on any atom is 0.434 e. The van der Waals surface area contributed by atoms with Crippen LogP contribution in [0.25, 0.3) is 0 Å². The van der Waals surface area contributed by atoms with Crippen LogP contribution in [0.5, 0.6) is 0 Å². The van der Waals surface area contributed by atoms with E-state index < -0.39 is 29.1 Å². The highest BCUT2D eigenvalue weighted by molar-refractivity contribution is 5.95. The quantitative estimate of drug-likeness (QED) is 0.898. The van der Waals surface area contributed by atoms with Gasteiger partial charge in [0.2, 0.25) is 5.89 Å². The van der Waals surface area contributed by atoms with E-state index in [1.807, 2.05) is 0 Å². The van der Waals surface area contributed by atoms with Crippen molar-refractivity contribution in [3.63, 3.8) is 0 Å². The van der Waals surface area contributed by atoms with Crippen LogP contribution in [-0.4, -0.2) is 39.1 Å². The highest BCUT2D eigenvalue weighted by atomic mass is 19.4. The molecule has 1 aliphatic heterocycles. The number of piperidine rings is 1. The molecule has 1 N–H and O–H groups in total. The summed E-state index contributed by atoms with van der Waals surface area (Å²) in [6, 6.07) is 2.40. The van der Waals surface area contributed by atoms with E-state index in [1.165, 1.54) is 11.0 Å². The fraction of sp³-hybridized carbons (Fsp3) is 0.429. The van der Waals surface area contributed by atoms with E-state index in [0.29, 0.717) is 19.4 Å². The third-order valence-electron chi connectivity index (χ3n) is 3.82. The maximum absolute atomic E-state index is 13.0. The third-order valence-corrected chi connectivity index (χ3v) is 3.82. The summed E-state index contributed by atoms with van der Waals surface area (Å²) >= 11 is 0. The van der Waals surface area contributed by atoms with E-state index in [9.17, 15) is 22.8 Å². The smallest absolute Gasteiger partial charge is 0.392 e. The highest BCUT2D eigenvalue weighted by Crippen LogP contribution is 2.32. The second-order valence-electron chi connectivity index (χ2n) is 5.44. The first-order valence-electron chi connectivity index (χ1n) is 7.23. The topological polar surface area (TPSA) is 92.1 Å². The first-order chi connectivity index (χ1) is 11.4. The number of likely N-dealkylation sites (tertiary alicyclic amines) is 1. The minimum Gasteiger partial charge on any atom is -0.392 e. The minimum atomic E-state index is -4.71. The number of hydrogen-bond donors (Lipinski definition) is 1. The van der Waals surface area contributed by atoms with Crippen molar-refractivity contribution in [1.29, 1.82) is 0 Å². The van der Waals surface area contributed by atoms with Gasteiger partial charge in [-0.05, 0) is 25.0 Å². The number of aromatic amines is 1. The molecular weight excluding hydrogens is 329 g/mol. The predicted molar refractivity (Wildman–Crippen MR) is 74.2 cm³/mol. The molecule has 0 saturated carbocycles. The molecule has 0 aromatic carbocycles. The van der Waals surface area contributed by atoms with Gasteiger partial charge in [-0.1, -0.05) is 0 Å². The number of pyridine rings is 1. The van der Waals surface area contributed by atoms with Crippen LogP contribution in [-0.2, 0) is 6.18 Å². The zero-order valence-corrected chi connectivity index (χ0v) is 12.3. The van der Waals surface area contributed by atoms with Gasteiger partial charge in [-0.3, -0.25) is 9.78 Å². The van der Waals surface area contributed by atoms with Crippen molar-refractivity contribution in [1.82, 2.24) is 20.1 Å². The standard InChI is InChI=1S/C14H13F3N4O3/c15-14(16,17)10-9(4-1-5-18-10)12(22)21-6-2-3-8(7-21)11-19-20-13(23)24-11/h1,4-5,8H,2-3,6-7H2,(H,20,23). The molecule has 7 nitrogen and oxygen atoms in total. The fourth-order valence-corrected chi connectivity index (χ4v) is 2.75. The van der Waals surface area contributed by atoms with Crippen molar-refractivity contribution < 1.29 is 22.4 Å². The number of carbonyl (C=O) groups is 1. The molecule has 0 aliphatic carbocycles. The van der Waals surface area contributed by atoms with Gasteiger partial charge in [-0.25, -0.2) is 9.89 Å². The second kappa shape index (κ2) is 6.10. The molecule has 128 valence electrons. The second-order valence-corrected chi connectivity index (χ2v) is 5.44.